The first-order chi connectivity index (χ1) is 19.4. The summed E-state index contributed by atoms with van der Waals surface area (Å²) >= 11 is 0. The molecule has 40 heavy (non-hydrogen) atoms. The first-order valence-electron chi connectivity index (χ1n) is 16.4. The average molecular weight is 579 g/mol. The lowest BCUT2D eigenvalue weighted by Crippen LogP contribution is -2.07. The molecule has 0 spiro atoms. The number of ether oxygens (including phenoxy) is 1. The van der Waals surface area contributed by atoms with E-state index in [1.807, 2.05) is 6.08 Å². The van der Waals surface area contributed by atoms with E-state index in [9.17, 15) is 13.2 Å². The van der Waals surface area contributed by atoms with Crippen LogP contribution in [0.5, 0.6) is 5.75 Å². The Bertz CT molecular complexity index is 861. The number of hydrogen-bond acceptors (Lipinski definition) is 4. The fraction of sp³-hybridized carbons (Fsp3) is 0.735. The number of hydrogen-bond donors (Lipinski definition) is 1. The van der Waals surface area contributed by atoms with Crippen LogP contribution in [0, 0.1) is 0 Å². The maximum absolute atomic E-state index is 11.9. The van der Waals surface area contributed by atoms with Gasteiger partial charge in [-0.25, -0.2) is 0 Å². The molecule has 0 amide bonds. The summed E-state index contributed by atoms with van der Waals surface area (Å²) in [6.07, 6.45) is 35.4. The molecule has 0 saturated carbocycles. The van der Waals surface area contributed by atoms with E-state index >= 15 is 0 Å². The Kier molecular flexibility index (Phi) is 22.8. The minimum Gasteiger partial charge on any atom is -0.427 e. The zero-order valence-electron chi connectivity index (χ0n) is 25.4. The summed E-state index contributed by atoms with van der Waals surface area (Å²) in [6, 6.07) is 5.13. The Labute approximate surface area is 246 Å². The largest absolute Gasteiger partial charge is 0.427 e. The lowest BCUT2D eigenvalue weighted by atomic mass is 10.0. The SMILES string of the molecule is CCCCCCCCCCCCCCCCCCCCCCCC=CCCC(=O)Oc1ccc(S(=O)(=O)O)cc1. The van der Waals surface area contributed by atoms with Crippen molar-refractivity contribution >= 4 is 16.1 Å². The number of benzene rings is 1. The summed E-state index contributed by atoms with van der Waals surface area (Å²) < 4.78 is 36.2. The van der Waals surface area contributed by atoms with Gasteiger partial charge >= 0.3 is 5.97 Å². The van der Waals surface area contributed by atoms with Crippen LogP contribution in [0.3, 0.4) is 0 Å². The Balaban J connectivity index is 1.80. The van der Waals surface area contributed by atoms with Gasteiger partial charge < -0.3 is 4.74 Å². The summed E-state index contributed by atoms with van der Waals surface area (Å²) in [5, 5.41) is 0. The van der Waals surface area contributed by atoms with E-state index in [-0.39, 0.29) is 23.0 Å². The number of allylic oxidation sites excluding steroid dienone is 2. The van der Waals surface area contributed by atoms with Crippen molar-refractivity contribution in [1.29, 1.82) is 0 Å². The molecule has 0 aromatic heterocycles. The van der Waals surface area contributed by atoms with Gasteiger partial charge in [0.2, 0.25) is 0 Å². The van der Waals surface area contributed by atoms with Gasteiger partial charge in [-0.15, -0.1) is 0 Å². The molecule has 0 bridgehead atoms. The lowest BCUT2D eigenvalue weighted by Gasteiger charge is -2.04. The molecule has 230 valence electrons. The third-order valence-corrected chi connectivity index (χ3v) is 8.38. The predicted octanol–water partition coefficient (Wildman–Crippen LogP) is 10.8. The lowest BCUT2D eigenvalue weighted by molar-refractivity contribution is -0.134. The van der Waals surface area contributed by atoms with Crippen molar-refractivity contribution in [1.82, 2.24) is 0 Å². The molecule has 0 fully saturated rings. The van der Waals surface area contributed by atoms with Crippen LogP contribution in [0.25, 0.3) is 0 Å². The highest BCUT2D eigenvalue weighted by Gasteiger charge is 2.10. The van der Waals surface area contributed by atoms with Crippen molar-refractivity contribution in [3.05, 3.63) is 36.4 Å². The normalized spacial score (nSPS) is 11.8. The van der Waals surface area contributed by atoms with Crippen LogP contribution < -0.4 is 4.74 Å². The first-order valence-corrected chi connectivity index (χ1v) is 17.8. The van der Waals surface area contributed by atoms with Crippen molar-refractivity contribution in [2.75, 3.05) is 0 Å². The minimum atomic E-state index is -4.24. The Hall–Kier alpha value is -1.66. The molecule has 0 heterocycles. The summed E-state index contributed by atoms with van der Waals surface area (Å²) in [5.74, 6) is -0.0979. The van der Waals surface area contributed by atoms with Gasteiger partial charge in [0.05, 0.1) is 4.90 Å². The molecule has 0 aliphatic rings. The highest BCUT2D eigenvalue weighted by atomic mass is 32.2. The second-order valence-corrected chi connectivity index (χ2v) is 12.7. The fourth-order valence-corrected chi connectivity index (χ4v) is 5.47. The van der Waals surface area contributed by atoms with Crippen LogP contribution in [-0.2, 0) is 14.9 Å². The van der Waals surface area contributed by atoms with E-state index in [2.05, 4.69) is 13.0 Å². The standard InChI is InChI=1S/C34H58O5S/c1-2-3-4-5-6-7-8-9-10-11-12-13-14-15-16-17-18-19-20-21-22-23-24-25-26-27-34(35)39-32-28-30-33(31-29-32)40(36,37)38/h24-25,28-31H,2-23,26-27H2,1H3,(H,36,37,38). The molecule has 0 aliphatic heterocycles. The quantitative estimate of drug-likeness (QED) is 0.0369. The second-order valence-electron chi connectivity index (χ2n) is 11.3. The zero-order chi connectivity index (χ0) is 29.2. The van der Waals surface area contributed by atoms with Gasteiger partial charge in [0.15, 0.2) is 0 Å². The monoisotopic (exact) mass is 578 g/mol. The van der Waals surface area contributed by atoms with E-state index in [0.717, 1.165) is 6.42 Å². The molecule has 0 atom stereocenters. The van der Waals surface area contributed by atoms with Gasteiger partial charge in [0, 0.05) is 6.42 Å². The van der Waals surface area contributed by atoms with Crippen LogP contribution in [0.15, 0.2) is 41.3 Å². The molecule has 0 aliphatic carbocycles. The highest BCUT2D eigenvalue weighted by molar-refractivity contribution is 7.85. The van der Waals surface area contributed by atoms with E-state index in [0.29, 0.717) is 6.42 Å². The molecule has 1 rings (SSSR count). The van der Waals surface area contributed by atoms with Gasteiger partial charge in [0.1, 0.15) is 5.75 Å². The third-order valence-electron chi connectivity index (χ3n) is 7.51. The van der Waals surface area contributed by atoms with Gasteiger partial charge in [-0.2, -0.15) is 8.42 Å². The molecular weight excluding hydrogens is 520 g/mol. The van der Waals surface area contributed by atoms with Gasteiger partial charge in [-0.3, -0.25) is 9.35 Å². The van der Waals surface area contributed by atoms with Crippen molar-refractivity contribution in [3.8, 4) is 5.75 Å². The van der Waals surface area contributed by atoms with Gasteiger partial charge in [0.25, 0.3) is 10.1 Å². The van der Waals surface area contributed by atoms with E-state index in [4.69, 9.17) is 9.29 Å². The number of unbranched alkanes of at least 4 members (excludes halogenated alkanes) is 21. The summed E-state index contributed by atoms with van der Waals surface area (Å²) in [5.41, 5.74) is 0. The summed E-state index contributed by atoms with van der Waals surface area (Å²) in [6.45, 7) is 2.29. The smallest absolute Gasteiger partial charge is 0.311 e. The molecule has 0 saturated heterocycles. The highest BCUT2D eigenvalue weighted by Crippen LogP contribution is 2.17. The first kappa shape index (κ1) is 36.4. The van der Waals surface area contributed by atoms with Crippen molar-refractivity contribution < 1.29 is 22.5 Å². The minimum absolute atomic E-state index is 0.226. The van der Waals surface area contributed by atoms with Gasteiger partial charge in [-0.1, -0.05) is 147 Å². The summed E-state index contributed by atoms with van der Waals surface area (Å²) in [4.78, 5) is 11.7. The van der Waals surface area contributed by atoms with Crippen LogP contribution in [-0.4, -0.2) is 18.9 Å². The molecule has 5 nitrogen and oxygen atoms in total. The number of carbonyl (C=O) groups is 1. The van der Waals surface area contributed by atoms with E-state index in [1.165, 1.54) is 159 Å². The molecule has 0 radical (unpaired) electrons. The molecule has 1 aromatic rings. The summed E-state index contributed by atoms with van der Waals surface area (Å²) in [7, 11) is -4.24. The van der Waals surface area contributed by atoms with Crippen molar-refractivity contribution in [3.63, 3.8) is 0 Å². The maximum atomic E-state index is 11.9. The van der Waals surface area contributed by atoms with Crippen LogP contribution in [0.1, 0.15) is 161 Å². The molecule has 1 aromatic carbocycles. The predicted molar refractivity (Wildman–Crippen MR) is 168 cm³/mol. The van der Waals surface area contributed by atoms with Crippen LogP contribution >= 0.6 is 0 Å². The van der Waals surface area contributed by atoms with Crippen molar-refractivity contribution in [2.45, 2.75) is 166 Å². The Morgan fingerprint density at radius 1 is 0.625 bits per heavy atom. The average Bonchev–Trinajstić information content (AvgIpc) is 2.93. The fourth-order valence-electron chi connectivity index (χ4n) is 4.99. The Morgan fingerprint density at radius 3 is 1.40 bits per heavy atom. The molecule has 6 heteroatoms. The van der Waals surface area contributed by atoms with Crippen LogP contribution in [0.4, 0.5) is 0 Å². The topological polar surface area (TPSA) is 80.7 Å². The third kappa shape index (κ3) is 22.1. The van der Waals surface area contributed by atoms with Crippen molar-refractivity contribution in [2.24, 2.45) is 0 Å². The maximum Gasteiger partial charge on any atom is 0.311 e. The number of rotatable bonds is 27. The number of esters is 1. The number of carbonyl (C=O) groups excluding carboxylic acids is 1. The Morgan fingerprint density at radius 2 is 1.00 bits per heavy atom. The van der Waals surface area contributed by atoms with E-state index in [1.54, 1.807) is 0 Å². The van der Waals surface area contributed by atoms with Crippen LogP contribution in [0.2, 0.25) is 0 Å². The molecule has 0 unspecified atom stereocenters. The van der Waals surface area contributed by atoms with E-state index < -0.39 is 10.1 Å². The van der Waals surface area contributed by atoms with Gasteiger partial charge in [-0.05, 0) is 43.5 Å². The molecular formula is C34H58O5S. The zero-order valence-corrected chi connectivity index (χ0v) is 26.2. The molecule has 1 N–H and O–H groups in total. The second kappa shape index (κ2) is 25.1.